The van der Waals surface area contributed by atoms with E-state index in [1.165, 1.54) is 0 Å². The number of fused-ring (bicyclic) bond motifs is 4. The number of nitrogens with one attached hydrogen (secondary N) is 1. The highest BCUT2D eigenvalue weighted by Gasteiger charge is 2.19. The molecule has 0 spiro atoms. The first-order chi connectivity index (χ1) is 17.6. The lowest BCUT2D eigenvalue weighted by molar-refractivity contribution is 0.185. The first-order valence-corrected chi connectivity index (χ1v) is 11.5. The fourth-order valence-corrected chi connectivity index (χ4v) is 4.88. The molecule has 7 nitrogen and oxygen atoms in total. The van der Waals surface area contributed by atoms with Crippen molar-refractivity contribution in [1.29, 1.82) is 5.26 Å². The Morgan fingerprint density at radius 1 is 1.06 bits per heavy atom. The molecule has 6 aromatic rings. The van der Waals surface area contributed by atoms with Crippen LogP contribution in [0.2, 0.25) is 0 Å². The van der Waals surface area contributed by atoms with Crippen LogP contribution in [0.25, 0.3) is 49.7 Å². The summed E-state index contributed by atoms with van der Waals surface area (Å²) in [5.74, 6) is 0. The minimum atomic E-state index is -0.128. The van der Waals surface area contributed by atoms with Gasteiger partial charge in [-0.25, -0.2) is 4.98 Å². The molecule has 174 valence electrons. The van der Waals surface area contributed by atoms with Gasteiger partial charge < -0.3 is 9.72 Å². The van der Waals surface area contributed by atoms with Crippen molar-refractivity contribution in [1.82, 2.24) is 19.5 Å². The number of methoxy groups -OCH3 is 1. The Morgan fingerprint density at radius 2 is 1.92 bits per heavy atom. The quantitative estimate of drug-likeness (QED) is 0.371. The van der Waals surface area contributed by atoms with E-state index in [1.807, 2.05) is 61.5 Å². The fraction of sp³-hybridized carbons (Fsp3) is 0.103. The highest BCUT2D eigenvalue weighted by molar-refractivity contribution is 6.15. The van der Waals surface area contributed by atoms with Gasteiger partial charge >= 0.3 is 0 Å². The third kappa shape index (κ3) is 3.28. The van der Waals surface area contributed by atoms with E-state index in [4.69, 9.17) is 9.72 Å². The number of rotatable bonds is 4. The van der Waals surface area contributed by atoms with Crippen molar-refractivity contribution < 1.29 is 4.74 Å². The lowest BCUT2D eigenvalue weighted by Gasteiger charge is -2.14. The van der Waals surface area contributed by atoms with Gasteiger partial charge in [0.2, 0.25) is 0 Å². The summed E-state index contributed by atoms with van der Waals surface area (Å²) in [5, 5.41) is 12.2. The summed E-state index contributed by atoms with van der Waals surface area (Å²) >= 11 is 0. The molecule has 0 fully saturated rings. The summed E-state index contributed by atoms with van der Waals surface area (Å²) in [6.07, 6.45) is 3.17. The standard InChI is InChI=1S/C29H21N5O2/c1-17-20(7-5-9-25(17)34-16-32-23-8-4-3-6-22(23)29(34)35)28-26-21-11-10-18(15-36-2)12-24(21)33-27(26)19(13-30)14-31-28/h3-12,14,16,33H,15H2,1-2H3. The number of pyridine rings is 1. The molecule has 0 saturated carbocycles. The van der Waals surface area contributed by atoms with E-state index < -0.39 is 0 Å². The number of hydrogen-bond acceptors (Lipinski definition) is 5. The molecule has 0 amide bonds. The number of aromatic amines is 1. The van der Waals surface area contributed by atoms with Gasteiger partial charge in [-0.1, -0.05) is 36.4 Å². The van der Waals surface area contributed by atoms with Crippen molar-refractivity contribution in [2.24, 2.45) is 0 Å². The minimum absolute atomic E-state index is 0.128. The smallest absolute Gasteiger partial charge is 0.265 e. The second-order valence-corrected chi connectivity index (χ2v) is 8.71. The largest absolute Gasteiger partial charge is 0.380 e. The zero-order valence-corrected chi connectivity index (χ0v) is 19.7. The number of H-pyrrole nitrogens is 1. The normalized spacial score (nSPS) is 11.4. The molecule has 0 aliphatic carbocycles. The van der Waals surface area contributed by atoms with Crippen molar-refractivity contribution in [2.45, 2.75) is 13.5 Å². The van der Waals surface area contributed by atoms with Gasteiger partial charge in [0.25, 0.3) is 5.56 Å². The molecule has 0 atom stereocenters. The first kappa shape index (κ1) is 21.7. The molecule has 7 heteroatoms. The van der Waals surface area contributed by atoms with Gasteiger partial charge in [-0.05, 0) is 42.3 Å². The van der Waals surface area contributed by atoms with Crippen LogP contribution in [-0.2, 0) is 11.3 Å². The molecule has 36 heavy (non-hydrogen) atoms. The fourth-order valence-electron chi connectivity index (χ4n) is 4.88. The van der Waals surface area contributed by atoms with Gasteiger partial charge in [0.05, 0.1) is 40.0 Å². The molecule has 0 aliphatic heterocycles. The Hall–Kier alpha value is -4.80. The van der Waals surface area contributed by atoms with E-state index in [2.05, 4.69) is 16.0 Å². The minimum Gasteiger partial charge on any atom is -0.380 e. The number of aromatic nitrogens is 4. The lowest BCUT2D eigenvalue weighted by atomic mass is 9.98. The topological polar surface area (TPSA) is 96.6 Å². The van der Waals surface area contributed by atoms with E-state index >= 15 is 0 Å². The zero-order chi connectivity index (χ0) is 24.8. The number of nitriles is 1. The van der Waals surface area contributed by atoms with Crippen LogP contribution in [0.1, 0.15) is 16.7 Å². The van der Waals surface area contributed by atoms with Crippen LogP contribution >= 0.6 is 0 Å². The Balaban J connectivity index is 1.61. The maximum Gasteiger partial charge on any atom is 0.265 e. The van der Waals surface area contributed by atoms with Crippen molar-refractivity contribution in [3.8, 4) is 23.0 Å². The molecule has 0 bridgehead atoms. The average molecular weight is 472 g/mol. The number of ether oxygens (including phenoxy) is 1. The number of para-hydroxylation sites is 1. The van der Waals surface area contributed by atoms with Crippen molar-refractivity contribution >= 4 is 32.7 Å². The van der Waals surface area contributed by atoms with Crippen molar-refractivity contribution in [3.63, 3.8) is 0 Å². The summed E-state index contributed by atoms with van der Waals surface area (Å²) < 4.78 is 6.86. The van der Waals surface area contributed by atoms with Crippen LogP contribution in [0.15, 0.2) is 78.0 Å². The van der Waals surface area contributed by atoms with Gasteiger partial charge in [0, 0.05) is 35.2 Å². The highest BCUT2D eigenvalue weighted by atomic mass is 16.5. The van der Waals surface area contributed by atoms with Gasteiger partial charge in [-0.3, -0.25) is 14.3 Å². The maximum absolute atomic E-state index is 13.3. The van der Waals surface area contributed by atoms with Crippen LogP contribution in [0.5, 0.6) is 0 Å². The van der Waals surface area contributed by atoms with E-state index in [0.29, 0.717) is 23.1 Å². The molecule has 1 N–H and O–H groups in total. The molecular formula is C29H21N5O2. The summed E-state index contributed by atoms with van der Waals surface area (Å²) in [7, 11) is 1.66. The zero-order valence-electron chi connectivity index (χ0n) is 19.7. The van der Waals surface area contributed by atoms with E-state index in [-0.39, 0.29) is 5.56 Å². The third-order valence-corrected chi connectivity index (χ3v) is 6.61. The summed E-state index contributed by atoms with van der Waals surface area (Å²) in [5.41, 5.74) is 6.94. The predicted molar refractivity (Wildman–Crippen MR) is 140 cm³/mol. The highest BCUT2D eigenvalue weighted by Crippen LogP contribution is 2.37. The molecule has 3 aromatic heterocycles. The lowest BCUT2D eigenvalue weighted by Crippen LogP contribution is -2.19. The van der Waals surface area contributed by atoms with Crippen LogP contribution in [0.4, 0.5) is 0 Å². The van der Waals surface area contributed by atoms with E-state index in [0.717, 1.165) is 49.9 Å². The molecule has 3 heterocycles. The Morgan fingerprint density at radius 3 is 2.75 bits per heavy atom. The predicted octanol–water partition coefficient (Wildman–Crippen LogP) is 5.41. The molecular weight excluding hydrogens is 450 g/mol. The van der Waals surface area contributed by atoms with Crippen LogP contribution in [0.3, 0.4) is 0 Å². The van der Waals surface area contributed by atoms with Gasteiger partial charge in [0.1, 0.15) is 12.4 Å². The Labute approximate surface area is 206 Å². The van der Waals surface area contributed by atoms with Crippen molar-refractivity contribution in [3.05, 3.63) is 100 Å². The van der Waals surface area contributed by atoms with Crippen LogP contribution in [0, 0.1) is 18.3 Å². The van der Waals surface area contributed by atoms with Crippen LogP contribution < -0.4 is 5.56 Å². The molecule has 0 unspecified atom stereocenters. The third-order valence-electron chi connectivity index (χ3n) is 6.61. The second-order valence-electron chi connectivity index (χ2n) is 8.71. The molecule has 6 rings (SSSR count). The number of hydrogen-bond donors (Lipinski definition) is 1. The Kier molecular flexibility index (Phi) is 5.10. The maximum atomic E-state index is 13.3. The van der Waals surface area contributed by atoms with Crippen molar-refractivity contribution in [2.75, 3.05) is 7.11 Å². The number of benzene rings is 3. The average Bonchev–Trinajstić information content (AvgIpc) is 3.28. The molecule has 3 aromatic carbocycles. The number of nitrogens with zero attached hydrogens (tertiary/aromatic N) is 4. The molecule has 0 saturated heterocycles. The van der Waals surface area contributed by atoms with E-state index in [1.54, 1.807) is 30.3 Å². The van der Waals surface area contributed by atoms with Gasteiger partial charge in [-0.15, -0.1) is 0 Å². The van der Waals surface area contributed by atoms with Gasteiger partial charge in [-0.2, -0.15) is 5.26 Å². The van der Waals surface area contributed by atoms with Gasteiger partial charge in [0.15, 0.2) is 0 Å². The van der Waals surface area contributed by atoms with E-state index in [9.17, 15) is 10.1 Å². The summed E-state index contributed by atoms with van der Waals surface area (Å²) in [6.45, 7) is 2.47. The monoisotopic (exact) mass is 471 g/mol. The molecule has 0 aliphatic rings. The first-order valence-electron chi connectivity index (χ1n) is 11.5. The molecule has 0 radical (unpaired) electrons. The Bertz CT molecular complexity index is 1910. The van der Waals surface area contributed by atoms with Crippen LogP contribution in [-0.4, -0.2) is 26.6 Å². The SMILES string of the molecule is COCc1ccc2c(c1)[nH]c1c(C#N)cnc(-c3cccc(-n4cnc5ccccc5c4=O)c3C)c12. The second kappa shape index (κ2) is 8.45. The summed E-state index contributed by atoms with van der Waals surface area (Å²) in [6, 6.07) is 21.5. The summed E-state index contributed by atoms with van der Waals surface area (Å²) in [4.78, 5) is 25.9.